The molecule has 1 spiro atoms. The zero-order valence-electron chi connectivity index (χ0n) is 24.4. The number of rotatable bonds is 3. The van der Waals surface area contributed by atoms with Gasteiger partial charge in [-0.05, 0) is 106 Å². The van der Waals surface area contributed by atoms with Crippen molar-refractivity contribution in [1.29, 1.82) is 0 Å². The van der Waals surface area contributed by atoms with E-state index in [1.807, 2.05) is 22.8 Å². The van der Waals surface area contributed by atoms with Crippen LogP contribution in [0.25, 0.3) is 11.1 Å². The van der Waals surface area contributed by atoms with E-state index >= 15 is 0 Å². The van der Waals surface area contributed by atoms with Crippen LogP contribution < -0.4 is 10.2 Å². The Morgan fingerprint density at radius 1 is 1.07 bits per heavy atom. The molecule has 1 saturated carbocycles. The lowest BCUT2D eigenvalue weighted by atomic mass is 9.67. The van der Waals surface area contributed by atoms with Gasteiger partial charge in [0, 0.05) is 62.2 Å². The third-order valence-corrected chi connectivity index (χ3v) is 10.4. The first-order chi connectivity index (χ1) is 19.4. The number of hydrogen-bond acceptors (Lipinski definition) is 5. The molecule has 3 aliphatic heterocycles. The van der Waals surface area contributed by atoms with E-state index in [0.29, 0.717) is 18.0 Å². The van der Waals surface area contributed by atoms with E-state index in [4.69, 9.17) is 5.10 Å². The Balaban J connectivity index is 1.25. The van der Waals surface area contributed by atoms with E-state index in [1.165, 1.54) is 90.8 Å². The van der Waals surface area contributed by atoms with Crippen LogP contribution in [0.3, 0.4) is 0 Å². The molecule has 0 radical (unpaired) electrons. The zero-order chi connectivity index (χ0) is 27.4. The van der Waals surface area contributed by atoms with Gasteiger partial charge >= 0.3 is 0 Å². The van der Waals surface area contributed by atoms with Crippen molar-refractivity contribution in [1.82, 2.24) is 29.8 Å². The van der Waals surface area contributed by atoms with Crippen molar-refractivity contribution < 1.29 is 4.79 Å². The molecular weight excluding hydrogens is 498 g/mol. The lowest BCUT2D eigenvalue weighted by Gasteiger charge is -2.43. The van der Waals surface area contributed by atoms with Gasteiger partial charge in [-0.3, -0.25) is 14.2 Å². The molecule has 1 N–H and O–H groups in total. The van der Waals surface area contributed by atoms with Crippen LogP contribution in [0.1, 0.15) is 80.3 Å². The van der Waals surface area contributed by atoms with Crippen LogP contribution in [0.2, 0.25) is 0 Å². The van der Waals surface area contributed by atoms with Gasteiger partial charge in [0.15, 0.2) is 5.82 Å². The van der Waals surface area contributed by atoms with Crippen LogP contribution >= 0.6 is 0 Å². The van der Waals surface area contributed by atoms with Gasteiger partial charge in [-0.15, -0.1) is 0 Å². The molecule has 1 aliphatic carbocycles. The number of aryl methyl sites for hydroxylation is 3. The minimum atomic E-state index is 0.158. The lowest BCUT2D eigenvalue weighted by Crippen LogP contribution is -2.40. The third-order valence-electron chi connectivity index (χ3n) is 10.4. The molecule has 1 saturated heterocycles. The summed E-state index contributed by atoms with van der Waals surface area (Å²) in [5, 5.41) is 13.4. The third kappa shape index (κ3) is 4.44. The van der Waals surface area contributed by atoms with Crippen molar-refractivity contribution in [2.75, 3.05) is 31.1 Å². The molecule has 8 nitrogen and oxygen atoms in total. The number of nitrogens with zero attached hydrogens (tertiary/aromatic N) is 6. The fourth-order valence-electron chi connectivity index (χ4n) is 7.96. The van der Waals surface area contributed by atoms with Crippen molar-refractivity contribution in [3.8, 4) is 11.1 Å². The van der Waals surface area contributed by atoms with E-state index in [2.05, 4.69) is 45.3 Å². The maximum Gasteiger partial charge on any atom is 0.219 e. The molecular formula is C32H43N7O. The molecule has 1 amide bonds. The summed E-state index contributed by atoms with van der Waals surface area (Å²) >= 11 is 0. The smallest absolute Gasteiger partial charge is 0.219 e. The van der Waals surface area contributed by atoms with Gasteiger partial charge in [-0.25, -0.2) is 0 Å². The molecule has 2 aromatic heterocycles. The number of carbonyl (C=O) groups excluding carboxylic acids is 1. The van der Waals surface area contributed by atoms with E-state index in [1.54, 1.807) is 6.92 Å². The van der Waals surface area contributed by atoms with Gasteiger partial charge in [-0.2, -0.15) is 10.2 Å². The highest BCUT2D eigenvalue weighted by Gasteiger charge is 2.39. The van der Waals surface area contributed by atoms with Crippen LogP contribution in [0.5, 0.6) is 0 Å². The minimum absolute atomic E-state index is 0.158. The maximum atomic E-state index is 12.5. The average molecular weight is 542 g/mol. The molecule has 0 bridgehead atoms. The topological polar surface area (TPSA) is 71.2 Å². The number of benzene rings is 1. The fraction of sp³-hybridized carbons (Fsp3) is 0.594. The molecule has 2 fully saturated rings. The summed E-state index contributed by atoms with van der Waals surface area (Å²) in [5.74, 6) is 1.24. The van der Waals surface area contributed by atoms with Gasteiger partial charge in [0.2, 0.25) is 5.91 Å². The Labute approximate surface area is 237 Å². The SMILES string of the molecule is CC(=O)N1CCc2c(c(N3CCCc4cc(-c5cnn(C)c5)c(C)cc43)nn2C2CCC3(CCNCC3)CC2)C1. The Morgan fingerprint density at radius 2 is 1.88 bits per heavy atom. The molecule has 5 heterocycles. The summed E-state index contributed by atoms with van der Waals surface area (Å²) in [5.41, 5.74) is 9.53. The molecule has 0 unspecified atom stereocenters. The summed E-state index contributed by atoms with van der Waals surface area (Å²) in [6.45, 7) is 8.67. The number of amides is 1. The summed E-state index contributed by atoms with van der Waals surface area (Å²) in [4.78, 5) is 16.9. The highest BCUT2D eigenvalue weighted by Crippen LogP contribution is 2.48. The summed E-state index contributed by atoms with van der Waals surface area (Å²) in [6.07, 6.45) is 14.8. The number of fused-ring (bicyclic) bond motifs is 2. The van der Waals surface area contributed by atoms with E-state index in [-0.39, 0.29) is 5.91 Å². The minimum Gasteiger partial charge on any atom is -0.338 e. The second-order valence-electron chi connectivity index (χ2n) is 12.8. The highest BCUT2D eigenvalue weighted by atomic mass is 16.2. The first kappa shape index (κ1) is 25.8. The van der Waals surface area contributed by atoms with Crippen LogP contribution in [0.4, 0.5) is 11.5 Å². The maximum absolute atomic E-state index is 12.5. The van der Waals surface area contributed by atoms with Crippen LogP contribution in [-0.2, 0) is 31.2 Å². The number of hydrogen-bond donors (Lipinski definition) is 1. The Morgan fingerprint density at radius 3 is 2.60 bits per heavy atom. The lowest BCUT2D eigenvalue weighted by molar-refractivity contribution is -0.129. The van der Waals surface area contributed by atoms with Gasteiger partial charge in [-0.1, -0.05) is 0 Å². The van der Waals surface area contributed by atoms with Crippen molar-refractivity contribution in [3.05, 3.63) is 46.9 Å². The van der Waals surface area contributed by atoms with E-state index < -0.39 is 0 Å². The molecule has 4 aliphatic rings. The van der Waals surface area contributed by atoms with Crippen LogP contribution in [0.15, 0.2) is 24.5 Å². The predicted octanol–water partition coefficient (Wildman–Crippen LogP) is 5.07. The molecule has 7 rings (SSSR count). The predicted molar refractivity (Wildman–Crippen MR) is 158 cm³/mol. The van der Waals surface area contributed by atoms with Gasteiger partial charge in [0.25, 0.3) is 0 Å². The van der Waals surface area contributed by atoms with E-state index in [9.17, 15) is 4.79 Å². The van der Waals surface area contributed by atoms with E-state index in [0.717, 1.165) is 38.2 Å². The number of nitrogens with one attached hydrogen (secondary N) is 1. The fourth-order valence-corrected chi connectivity index (χ4v) is 7.96. The van der Waals surface area contributed by atoms with Crippen LogP contribution in [-0.4, -0.2) is 56.5 Å². The largest absolute Gasteiger partial charge is 0.338 e. The molecule has 3 aromatic rings. The normalized spacial score (nSPS) is 21.0. The average Bonchev–Trinajstić information content (AvgIpc) is 3.56. The first-order valence-electron chi connectivity index (χ1n) is 15.4. The van der Waals surface area contributed by atoms with Crippen molar-refractivity contribution >= 4 is 17.4 Å². The van der Waals surface area contributed by atoms with Gasteiger partial charge in [0.1, 0.15) is 0 Å². The van der Waals surface area contributed by atoms with Crippen molar-refractivity contribution in [2.24, 2.45) is 12.5 Å². The number of carbonyl (C=O) groups is 1. The second-order valence-corrected chi connectivity index (χ2v) is 12.8. The summed E-state index contributed by atoms with van der Waals surface area (Å²) in [6, 6.07) is 5.19. The molecule has 0 atom stereocenters. The Kier molecular flexibility index (Phi) is 6.49. The van der Waals surface area contributed by atoms with Gasteiger partial charge in [0.05, 0.1) is 18.8 Å². The Hall–Kier alpha value is -3.13. The highest BCUT2D eigenvalue weighted by molar-refractivity contribution is 5.77. The van der Waals surface area contributed by atoms with Crippen LogP contribution in [0, 0.1) is 12.3 Å². The van der Waals surface area contributed by atoms with Gasteiger partial charge < -0.3 is 15.1 Å². The van der Waals surface area contributed by atoms with Crippen molar-refractivity contribution in [2.45, 2.75) is 84.2 Å². The van der Waals surface area contributed by atoms with Crippen molar-refractivity contribution in [3.63, 3.8) is 0 Å². The number of piperidine rings is 1. The summed E-state index contributed by atoms with van der Waals surface area (Å²) in [7, 11) is 1.97. The number of aromatic nitrogens is 4. The Bertz CT molecular complexity index is 1420. The standard InChI is InChI=1S/C32H43N7O/c1-22-17-30-24(18-27(22)25-19-34-36(3)20-25)5-4-15-38(30)31-28-21-37(23(2)40)16-8-29(28)39(35-31)26-6-9-32(10-7-26)11-13-33-14-12-32/h17-20,26,33H,4-16,21H2,1-3H3. The first-order valence-corrected chi connectivity index (χ1v) is 15.4. The molecule has 8 heteroatoms. The number of anilines is 2. The molecule has 40 heavy (non-hydrogen) atoms. The second kappa shape index (κ2) is 10.1. The summed E-state index contributed by atoms with van der Waals surface area (Å²) < 4.78 is 4.29. The molecule has 1 aromatic carbocycles. The molecule has 212 valence electrons. The monoisotopic (exact) mass is 541 g/mol. The zero-order valence-corrected chi connectivity index (χ0v) is 24.4. The quantitative estimate of drug-likeness (QED) is 0.502.